The number of aromatic nitrogens is 1. The number of methoxy groups -OCH3 is 1. The van der Waals surface area contributed by atoms with Gasteiger partial charge in [0.2, 0.25) is 0 Å². The van der Waals surface area contributed by atoms with E-state index in [-0.39, 0.29) is 6.54 Å². The third-order valence-electron chi connectivity index (χ3n) is 4.09. The van der Waals surface area contributed by atoms with Crippen LogP contribution in [0, 0.1) is 13.8 Å². The molecule has 0 atom stereocenters. The van der Waals surface area contributed by atoms with Crippen molar-refractivity contribution in [3.8, 4) is 5.69 Å². The summed E-state index contributed by atoms with van der Waals surface area (Å²) in [6.07, 6.45) is 0. The molecule has 0 N–H and O–H groups in total. The number of fused-ring (bicyclic) bond motifs is 1. The van der Waals surface area contributed by atoms with Crippen molar-refractivity contribution >= 4 is 17.8 Å². The van der Waals surface area contributed by atoms with Crippen LogP contribution in [-0.4, -0.2) is 40.9 Å². The van der Waals surface area contributed by atoms with Gasteiger partial charge in [-0.3, -0.25) is 19.3 Å². The van der Waals surface area contributed by atoms with Crippen molar-refractivity contribution in [2.75, 3.05) is 13.7 Å². The summed E-state index contributed by atoms with van der Waals surface area (Å²) in [5, 5.41) is 0. The van der Waals surface area contributed by atoms with Gasteiger partial charge >= 0.3 is 5.97 Å². The molecule has 6 heteroatoms. The summed E-state index contributed by atoms with van der Waals surface area (Å²) >= 11 is 0. The first-order chi connectivity index (χ1) is 11.0. The fourth-order valence-corrected chi connectivity index (χ4v) is 3.02. The number of hydrogen-bond acceptors (Lipinski definition) is 4. The number of para-hydroxylation sites is 1. The van der Waals surface area contributed by atoms with E-state index in [9.17, 15) is 14.4 Å². The molecule has 0 saturated heterocycles. The largest absolute Gasteiger partial charge is 0.468 e. The molecule has 0 spiro atoms. The Morgan fingerprint density at radius 3 is 2.00 bits per heavy atom. The van der Waals surface area contributed by atoms with Gasteiger partial charge in [-0.15, -0.1) is 0 Å². The van der Waals surface area contributed by atoms with Crippen LogP contribution in [0.2, 0.25) is 0 Å². The average molecular weight is 312 g/mol. The van der Waals surface area contributed by atoms with E-state index in [1.54, 1.807) is 13.8 Å². The maximum atomic E-state index is 12.6. The van der Waals surface area contributed by atoms with E-state index in [2.05, 4.69) is 4.74 Å². The Balaban J connectivity index is 2.10. The van der Waals surface area contributed by atoms with Crippen molar-refractivity contribution in [3.63, 3.8) is 0 Å². The normalized spacial score (nSPS) is 13.4. The predicted octanol–water partition coefficient (Wildman–Crippen LogP) is 1.86. The van der Waals surface area contributed by atoms with Gasteiger partial charge in [0, 0.05) is 17.1 Å². The monoisotopic (exact) mass is 312 g/mol. The zero-order chi connectivity index (χ0) is 16.7. The van der Waals surface area contributed by atoms with Gasteiger partial charge in [0.15, 0.2) is 0 Å². The molecule has 0 unspecified atom stereocenters. The van der Waals surface area contributed by atoms with E-state index in [1.807, 2.05) is 34.9 Å². The molecule has 118 valence electrons. The quantitative estimate of drug-likeness (QED) is 0.641. The molecule has 2 amide bonds. The van der Waals surface area contributed by atoms with Gasteiger partial charge in [-0.05, 0) is 26.0 Å². The summed E-state index contributed by atoms with van der Waals surface area (Å²) < 4.78 is 6.43. The lowest BCUT2D eigenvalue weighted by Crippen LogP contribution is -2.36. The van der Waals surface area contributed by atoms with Crippen molar-refractivity contribution in [1.29, 1.82) is 0 Å². The highest BCUT2D eigenvalue weighted by molar-refractivity contribution is 6.23. The smallest absolute Gasteiger partial charge is 0.325 e. The van der Waals surface area contributed by atoms with Crippen molar-refractivity contribution in [1.82, 2.24) is 9.47 Å². The zero-order valence-corrected chi connectivity index (χ0v) is 13.1. The molecular formula is C17H16N2O4. The van der Waals surface area contributed by atoms with Crippen LogP contribution in [0.5, 0.6) is 0 Å². The Hall–Kier alpha value is -2.89. The molecule has 2 aromatic rings. The van der Waals surface area contributed by atoms with E-state index in [4.69, 9.17) is 0 Å². The summed E-state index contributed by atoms with van der Waals surface area (Å²) in [4.78, 5) is 37.5. The lowest BCUT2D eigenvalue weighted by atomic mass is 10.1. The number of benzene rings is 1. The van der Waals surface area contributed by atoms with Crippen LogP contribution >= 0.6 is 0 Å². The standard InChI is InChI=1S/C17H16N2O4/c1-10-14-15(11(2)19(10)12-7-5-4-6-8-12)17(22)18(16(14)21)9-13(20)23-3/h4-8H,9H2,1-3H3. The highest BCUT2D eigenvalue weighted by Crippen LogP contribution is 2.33. The topological polar surface area (TPSA) is 68.6 Å². The van der Waals surface area contributed by atoms with Crippen LogP contribution < -0.4 is 0 Å². The number of rotatable bonds is 3. The predicted molar refractivity (Wildman–Crippen MR) is 82.6 cm³/mol. The lowest BCUT2D eigenvalue weighted by molar-refractivity contribution is -0.140. The molecule has 1 aromatic carbocycles. The number of carbonyl (C=O) groups excluding carboxylic acids is 3. The number of imide groups is 1. The first-order valence-electron chi connectivity index (χ1n) is 7.17. The van der Waals surface area contributed by atoms with Crippen molar-refractivity contribution < 1.29 is 19.1 Å². The summed E-state index contributed by atoms with van der Waals surface area (Å²) in [5.74, 6) is -1.53. The van der Waals surface area contributed by atoms with Crippen LogP contribution in [0.1, 0.15) is 32.1 Å². The Morgan fingerprint density at radius 2 is 1.52 bits per heavy atom. The van der Waals surface area contributed by atoms with Crippen LogP contribution in [0.3, 0.4) is 0 Å². The van der Waals surface area contributed by atoms with E-state index < -0.39 is 17.8 Å². The number of ether oxygens (including phenoxy) is 1. The van der Waals surface area contributed by atoms with Gasteiger partial charge in [0.05, 0.1) is 18.2 Å². The SMILES string of the molecule is COC(=O)CN1C(=O)c2c(c(C)n(-c3ccccc3)c2C)C1=O. The zero-order valence-electron chi connectivity index (χ0n) is 13.1. The minimum Gasteiger partial charge on any atom is -0.468 e. The van der Waals surface area contributed by atoms with E-state index in [0.29, 0.717) is 22.5 Å². The molecule has 0 fully saturated rings. The molecule has 0 bridgehead atoms. The molecule has 2 heterocycles. The molecular weight excluding hydrogens is 296 g/mol. The second-order valence-electron chi connectivity index (χ2n) is 5.36. The van der Waals surface area contributed by atoms with Crippen LogP contribution in [-0.2, 0) is 9.53 Å². The van der Waals surface area contributed by atoms with Gasteiger partial charge in [-0.1, -0.05) is 18.2 Å². The highest BCUT2D eigenvalue weighted by atomic mass is 16.5. The Labute approximate surface area is 133 Å². The van der Waals surface area contributed by atoms with Gasteiger partial charge in [0.1, 0.15) is 6.54 Å². The molecule has 0 saturated carbocycles. The first kappa shape index (κ1) is 15.0. The van der Waals surface area contributed by atoms with E-state index >= 15 is 0 Å². The van der Waals surface area contributed by atoms with Gasteiger partial charge in [-0.25, -0.2) is 0 Å². The maximum Gasteiger partial charge on any atom is 0.325 e. The number of carbonyl (C=O) groups is 3. The molecule has 1 aromatic heterocycles. The fraction of sp³-hybridized carbons (Fsp3) is 0.235. The third-order valence-corrected chi connectivity index (χ3v) is 4.09. The number of nitrogens with zero attached hydrogens (tertiary/aromatic N) is 2. The summed E-state index contributed by atoms with van der Waals surface area (Å²) in [6, 6.07) is 9.52. The van der Waals surface area contributed by atoms with Gasteiger partial charge < -0.3 is 9.30 Å². The second kappa shape index (κ2) is 5.39. The van der Waals surface area contributed by atoms with Gasteiger partial charge in [-0.2, -0.15) is 0 Å². The van der Waals surface area contributed by atoms with E-state index in [0.717, 1.165) is 10.6 Å². The molecule has 0 aliphatic carbocycles. The minimum atomic E-state index is -0.622. The Morgan fingerprint density at radius 1 is 1.00 bits per heavy atom. The minimum absolute atomic E-state index is 0.361. The molecule has 1 aliphatic rings. The summed E-state index contributed by atoms with van der Waals surface area (Å²) in [6.45, 7) is 3.23. The Kier molecular flexibility index (Phi) is 3.52. The first-order valence-corrected chi connectivity index (χ1v) is 7.17. The molecule has 0 radical (unpaired) electrons. The maximum absolute atomic E-state index is 12.6. The third kappa shape index (κ3) is 2.14. The lowest BCUT2D eigenvalue weighted by Gasteiger charge is -2.15. The van der Waals surface area contributed by atoms with Crippen LogP contribution in [0.25, 0.3) is 5.69 Å². The Bertz CT molecular complexity index is 781. The number of esters is 1. The van der Waals surface area contributed by atoms with E-state index in [1.165, 1.54) is 7.11 Å². The molecule has 6 nitrogen and oxygen atoms in total. The van der Waals surface area contributed by atoms with Gasteiger partial charge in [0.25, 0.3) is 11.8 Å². The van der Waals surface area contributed by atoms with Crippen LogP contribution in [0.4, 0.5) is 0 Å². The second-order valence-corrected chi connectivity index (χ2v) is 5.36. The van der Waals surface area contributed by atoms with Crippen molar-refractivity contribution in [2.24, 2.45) is 0 Å². The van der Waals surface area contributed by atoms with Crippen LogP contribution in [0.15, 0.2) is 30.3 Å². The highest BCUT2D eigenvalue weighted by Gasteiger charge is 2.42. The summed E-state index contributed by atoms with van der Waals surface area (Å²) in [5.41, 5.74) is 2.99. The van der Waals surface area contributed by atoms with Crippen molar-refractivity contribution in [3.05, 3.63) is 52.8 Å². The number of hydrogen-bond donors (Lipinski definition) is 0. The average Bonchev–Trinajstić information content (AvgIpc) is 2.95. The molecule has 3 rings (SSSR count). The number of amides is 2. The summed E-state index contributed by atoms with van der Waals surface area (Å²) in [7, 11) is 1.22. The van der Waals surface area contributed by atoms with Crippen molar-refractivity contribution in [2.45, 2.75) is 13.8 Å². The molecule has 23 heavy (non-hydrogen) atoms. The fourth-order valence-electron chi connectivity index (χ4n) is 3.02. The molecule has 1 aliphatic heterocycles.